The van der Waals surface area contributed by atoms with Gasteiger partial charge in [0.1, 0.15) is 0 Å². The minimum absolute atomic E-state index is 0.0295. The molecular weight excluding hydrogens is 254 g/mol. The number of nitrogens with one attached hydrogen (secondary N) is 1. The van der Waals surface area contributed by atoms with Crippen LogP contribution in [0.1, 0.15) is 24.2 Å². The van der Waals surface area contributed by atoms with Crippen molar-refractivity contribution in [3.8, 4) is 0 Å². The highest BCUT2D eigenvalue weighted by atomic mass is 16.5. The molecule has 0 saturated heterocycles. The van der Waals surface area contributed by atoms with Gasteiger partial charge in [0.05, 0.1) is 5.56 Å². The van der Waals surface area contributed by atoms with Crippen LogP contribution >= 0.6 is 0 Å². The fourth-order valence-electron chi connectivity index (χ4n) is 1.89. The Hall–Kier alpha value is -2.36. The van der Waals surface area contributed by atoms with Crippen molar-refractivity contribution >= 4 is 22.6 Å². The Kier molecular flexibility index (Phi) is 4.35. The predicted octanol–water partition coefficient (Wildman–Crippen LogP) is 2.52. The summed E-state index contributed by atoms with van der Waals surface area (Å²) in [5.41, 5.74) is 0.445. The summed E-state index contributed by atoms with van der Waals surface area (Å²) in [6.45, 7) is 3.44. The lowest BCUT2D eigenvalue weighted by Crippen LogP contribution is -2.33. The Morgan fingerprint density at radius 1 is 1.10 bits per heavy atom. The summed E-state index contributed by atoms with van der Waals surface area (Å²) >= 11 is 0. The molecule has 0 aliphatic carbocycles. The normalized spacial score (nSPS) is 10.6. The molecule has 0 bridgehead atoms. The Labute approximate surface area is 117 Å². The van der Waals surface area contributed by atoms with Crippen LogP contribution in [0.5, 0.6) is 0 Å². The standard InChI is InChI=1S/C16H17NO3/c1-11(2)17-15(18)10-20-16(19)14-8-7-12-5-3-4-6-13(12)9-14/h3-9,11H,10H2,1-2H3,(H,17,18). The van der Waals surface area contributed by atoms with Gasteiger partial charge in [-0.15, -0.1) is 0 Å². The van der Waals surface area contributed by atoms with Crippen molar-refractivity contribution in [3.63, 3.8) is 0 Å². The van der Waals surface area contributed by atoms with Crippen molar-refractivity contribution in [2.75, 3.05) is 6.61 Å². The second-order valence-electron chi connectivity index (χ2n) is 4.86. The SMILES string of the molecule is CC(C)NC(=O)COC(=O)c1ccc2ccccc2c1. The molecule has 20 heavy (non-hydrogen) atoms. The first-order chi connectivity index (χ1) is 9.56. The second-order valence-corrected chi connectivity index (χ2v) is 4.86. The molecule has 2 aromatic carbocycles. The lowest BCUT2D eigenvalue weighted by molar-refractivity contribution is -0.124. The quantitative estimate of drug-likeness (QED) is 0.869. The number of ether oxygens (including phenoxy) is 1. The second kappa shape index (κ2) is 6.19. The molecule has 0 fully saturated rings. The van der Waals surface area contributed by atoms with Gasteiger partial charge in [-0.2, -0.15) is 0 Å². The Morgan fingerprint density at radius 3 is 2.50 bits per heavy atom. The van der Waals surface area contributed by atoms with Crippen LogP contribution in [0.4, 0.5) is 0 Å². The van der Waals surface area contributed by atoms with Gasteiger partial charge in [0.2, 0.25) is 0 Å². The van der Waals surface area contributed by atoms with Crippen molar-refractivity contribution in [1.82, 2.24) is 5.32 Å². The summed E-state index contributed by atoms with van der Waals surface area (Å²) in [5, 5.41) is 4.69. The third kappa shape index (κ3) is 3.57. The van der Waals surface area contributed by atoms with Crippen molar-refractivity contribution in [2.45, 2.75) is 19.9 Å². The monoisotopic (exact) mass is 271 g/mol. The minimum atomic E-state index is -0.491. The molecule has 4 heteroatoms. The highest BCUT2D eigenvalue weighted by Gasteiger charge is 2.11. The van der Waals surface area contributed by atoms with E-state index in [0.717, 1.165) is 10.8 Å². The van der Waals surface area contributed by atoms with Gasteiger partial charge in [-0.3, -0.25) is 4.79 Å². The van der Waals surface area contributed by atoms with Crippen molar-refractivity contribution in [3.05, 3.63) is 48.0 Å². The van der Waals surface area contributed by atoms with Crippen molar-refractivity contribution in [2.24, 2.45) is 0 Å². The maximum atomic E-state index is 11.9. The number of carbonyl (C=O) groups excluding carboxylic acids is 2. The summed E-state index contributed by atoms with van der Waals surface area (Å²) in [6, 6.07) is 13.1. The Balaban J connectivity index is 2.02. The number of rotatable bonds is 4. The number of carbonyl (C=O) groups is 2. The van der Waals surface area contributed by atoms with Gasteiger partial charge >= 0.3 is 5.97 Å². The van der Waals surface area contributed by atoms with E-state index in [2.05, 4.69) is 5.32 Å². The van der Waals surface area contributed by atoms with Crippen LogP contribution in [0.25, 0.3) is 10.8 Å². The third-order valence-electron chi connectivity index (χ3n) is 2.77. The minimum Gasteiger partial charge on any atom is -0.452 e. The Morgan fingerprint density at radius 2 is 1.80 bits per heavy atom. The van der Waals surface area contributed by atoms with Gasteiger partial charge < -0.3 is 10.1 Å². The van der Waals surface area contributed by atoms with E-state index in [1.54, 1.807) is 12.1 Å². The number of esters is 1. The van der Waals surface area contributed by atoms with Crippen LogP contribution in [0.2, 0.25) is 0 Å². The van der Waals surface area contributed by atoms with E-state index in [1.807, 2.05) is 44.2 Å². The van der Waals surface area contributed by atoms with E-state index in [4.69, 9.17) is 4.74 Å². The zero-order chi connectivity index (χ0) is 14.5. The smallest absolute Gasteiger partial charge is 0.338 e. The molecule has 2 rings (SSSR count). The fourth-order valence-corrected chi connectivity index (χ4v) is 1.89. The van der Waals surface area contributed by atoms with Gasteiger partial charge in [-0.05, 0) is 36.8 Å². The zero-order valence-corrected chi connectivity index (χ0v) is 11.6. The van der Waals surface area contributed by atoms with Crippen LogP contribution in [-0.2, 0) is 9.53 Å². The molecule has 0 aliphatic heterocycles. The largest absolute Gasteiger partial charge is 0.452 e. The molecule has 0 unspecified atom stereocenters. The van der Waals surface area contributed by atoms with E-state index >= 15 is 0 Å². The number of benzene rings is 2. The summed E-state index contributed by atoms with van der Waals surface area (Å²) in [7, 11) is 0. The third-order valence-corrected chi connectivity index (χ3v) is 2.77. The number of fused-ring (bicyclic) bond motifs is 1. The first kappa shape index (κ1) is 14.1. The van der Waals surface area contributed by atoms with E-state index in [9.17, 15) is 9.59 Å². The first-order valence-electron chi connectivity index (χ1n) is 6.51. The molecule has 1 N–H and O–H groups in total. The Bertz CT molecular complexity index is 634. The van der Waals surface area contributed by atoms with Gasteiger partial charge in [0.25, 0.3) is 5.91 Å². The van der Waals surface area contributed by atoms with E-state index in [-0.39, 0.29) is 18.6 Å². The van der Waals surface area contributed by atoms with Crippen LogP contribution in [0.3, 0.4) is 0 Å². The molecule has 0 radical (unpaired) electrons. The summed E-state index contributed by atoms with van der Waals surface area (Å²) < 4.78 is 4.99. The fraction of sp³-hybridized carbons (Fsp3) is 0.250. The van der Waals surface area contributed by atoms with Crippen LogP contribution < -0.4 is 5.32 Å². The van der Waals surface area contributed by atoms with Gasteiger partial charge in [-0.25, -0.2) is 4.79 Å². The lowest BCUT2D eigenvalue weighted by Gasteiger charge is -2.09. The highest BCUT2D eigenvalue weighted by molar-refractivity contribution is 5.96. The molecule has 0 heterocycles. The van der Waals surface area contributed by atoms with Gasteiger partial charge in [0.15, 0.2) is 6.61 Å². The van der Waals surface area contributed by atoms with Gasteiger partial charge in [-0.1, -0.05) is 30.3 Å². The van der Waals surface area contributed by atoms with E-state index in [0.29, 0.717) is 5.56 Å². The molecule has 0 spiro atoms. The number of hydrogen-bond donors (Lipinski definition) is 1. The molecule has 0 aromatic heterocycles. The summed E-state index contributed by atoms with van der Waals surface area (Å²) in [4.78, 5) is 23.3. The highest BCUT2D eigenvalue weighted by Crippen LogP contribution is 2.16. The average Bonchev–Trinajstić information content (AvgIpc) is 2.43. The summed E-state index contributed by atoms with van der Waals surface area (Å²) in [6.07, 6.45) is 0. The van der Waals surface area contributed by atoms with Crippen LogP contribution in [0, 0.1) is 0 Å². The number of amides is 1. The molecule has 2 aromatic rings. The van der Waals surface area contributed by atoms with E-state index in [1.165, 1.54) is 0 Å². The molecule has 0 saturated carbocycles. The zero-order valence-electron chi connectivity index (χ0n) is 11.6. The topological polar surface area (TPSA) is 55.4 Å². The number of hydrogen-bond acceptors (Lipinski definition) is 3. The van der Waals surface area contributed by atoms with Crippen LogP contribution in [-0.4, -0.2) is 24.5 Å². The molecule has 4 nitrogen and oxygen atoms in total. The summed E-state index contributed by atoms with van der Waals surface area (Å²) in [5.74, 6) is -0.788. The maximum absolute atomic E-state index is 11.9. The first-order valence-corrected chi connectivity index (χ1v) is 6.51. The predicted molar refractivity (Wildman–Crippen MR) is 77.5 cm³/mol. The lowest BCUT2D eigenvalue weighted by atomic mass is 10.1. The molecule has 1 amide bonds. The molecule has 0 atom stereocenters. The molecule has 0 aliphatic rings. The van der Waals surface area contributed by atoms with Crippen molar-refractivity contribution in [1.29, 1.82) is 0 Å². The van der Waals surface area contributed by atoms with Crippen molar-refractivity contribution < 1.29 is 14.3 Å². The maximum Gasteiger partial charge on any atom is 0.338 e. The molecule has 104 valence electrons. The van der Waals surface area contributed by atoms with Crippen LogP contribution in [0.15, 0.2) is 42.5 Å². The van der Waals surface area contributed by atoms with E-state index < -0.39 is 5.97 Å². The molecular formula is C16H17NO3. The average molecular weight is 271 g/mol. The van der Waals surface area contributed by atoms with Gasteiger partial charge in [0, 0.05) is 6.04 Å².